The van der Waals surface area contributed by atoms with Crippen LogP contribution in [0.2, 0.25) is 0 Å². The molecule has 0 unspecified atom stereocenters. The molecular weight excluding hydrogens is 906 g/mol. The van der Waals surface area contributed by atoms with Gasteiger partial charge < -0.3 is 14.6 Å². The van der Waals surface area contributed by atoms with Gasteiger partial charge in [-0.2, -0.15) is 0 Å². The third kappa shape index (κ3) is 7.63. The molecule has 0 aromatic heterocycles. The topological polar surface area (TPSA) is 9.72 Å². The largest absolute Gasteiger partial charge is 0.376 e. The van der Waals surface area contributed by atoms with Gasteiger partial charge in [-0.15, -0.1) is 0 Å². The molecule has 13 rings (SSSR count). The van der Waals surface area contributed by atoms with Gasteiger partial charge in [-0.3, -0.25) is 0 Å². The quantitative estimate of drug-likeness (QED) is 0.141. The Balaban J connectivity index is 1.09. The van der Waals surface area contributed by atoms with Gasteiger partial charge in [0.25, 0.3) is 0 Å². The van der Waals surface area contributed by atoms with Crippen LogP contribution in [-0.4, -0.2) is 6.85 Å². The molecule has 75 heavy (non-hydrogen) atoms. The fourth-order valence-corrected chi connectivity index (χ4v) is 12.9. The van der Waals surface area contributed by atoms with Crippen LogP contribution in [0, 0.1) is 19.8 Å². The summed E-state index contributed by atoms with van der Waals surface area (Å²) in [6, 6.07) is 78.7. The van der Waals surface area contributed by atoms with Crippen molar-refractivity contribution in [3.63, 3.8) is 0 Å². The molecule has 0 saturated heterocycles. The fraction of sp³-hybridized carbons (Fsp3) is 0.183. The molecule has 2 aliphatic heterocycles. The van der Waals surface area contributed by atoms with E-state index in [0.717, 1.165) is 23.5 Å². The first-order valence-electron chi connectivity index (χ1n) is 27.0. The number of anilines is 8. The Bertz CT molecular complexity index is 3880. The average Bonchev–Trinajstić information content (AvgIpc) is 3.67. The molecule has 10 aromatic rings. The first-order chi connectivity index (χ1) is 36.2. The Kier molecular flexibility index (Phi) is 10.9. The second-order valence-electron chi connectivity index (χ2n) is 23.4. The summed E-state index contributed by atoms with van der Waals surface area (Å²) in [5.74, 6) is 0.574. The lowest BCUT2D eigenvalue weighted by atomic mass is 9.43. The third-order valence-electron chi connectivity index (χ3n) is 16.5. The van der Waals surface area contributed by atoms with Crippen LogP contribution >= 0.6 is 0 Å². The Morgan fingerprint density at radius 2 is 1.21 bits per heavy atom. The lowest BCUT2D eigenvalue weighted by Crippen LogP contribution is -2.61. The van der Waals surface area contributed by atoms with Crippen molar-refractivity contribution in [1.29, 1.82) is 0 Å². The minimum absolute atomic E-state index is 0.0286. The van der Waals surface area contributed by atoms with Gasteiger partial charge in [0, 0.05) is 61.9 Å². The highest BCUT2D eigenvalue weighted by Gasteiger charge is 2.47. The van der Waals surface area contributed by atoms with Crippen LogP contribution in [0.4, 0.5) is 45.5 Å². The number of benzene rings is 10. The number of aryl methyl sites for hydroxylation is 2. The number of nitrogens with zero attached hydrogens (tertiary/aromatic N) is 3. The van der Waals surface area contributed by atoms with E-state index in [0.29, 0.717) is 5.92 Å². The van der Waals surface area contributed by atoms with Crippen molar-refractivity contribution < 1.29 is 0 Å². The summed E-state index contributed by atoms with van der Waals surface area (Å²) in [4.78, 5) is 7.79. The maximum absolute atomic E-state index is 2.72. The van der Waals surface area contributed by atoms with Gasteiger partial charge in [0.2, 0.25) is 0 Å². The fourth-order valence-electron chi connectivity index (χ4n) is 12.9. The van der Waals surface area contributed by atoms with Crippen LogP contribution in [-0.2, 0) is 17.3 Å². The Labute approximate surface area is 444 Å². The average molecular weight is 970 g/mol. The molecule has 10 aromatic carbocycles. The van der Waals surface area contributed by atoms with Gasteiger partial charge in [-0.1, -0.05) is 188 Å². The lowest BCUT2D eigenvalue weighted by molar-refractivity contribution is 0.590. The highest BCUT2D eigenvalue weighted by atomic mass is 15.2. The molecule has 0 spiro atoms. The van der Waals surface area contributed by atoms with Crippen LogP contribution < -0.4 is 25.5 Å². The number of hydrogen-bond donors (Lipinski definition) is 0. The summed E-state index contributed by atoms with van der Waals surface area (Å²) in [5.41, 5.74) is 27.4. The maximum Gasteiger partial charge on any atom is 0.333 e. The van der Waals surface area contributed by atoms with Crippen LogP contribution in [0.3, 0.4) is 0 Å². The summed E-state index contributed by atoms with van der Waals surface area (Å²) >= 11 is 0. The molecule has 3 aliphatic rings. The van der Waals surface area contributed by atoms with Crippen molar-refractivity contribution in [2.24, 2.45) is 5.92 Å². The minimum atomic E-state index is -0.166. The van der Waals surface area contributed by atoms with E-state index in [4.69, 9.17) is 0 Å². The maximum atomic E-state index is 2.72. The Morgan fingerprint density at radius 1 is 0.533 bits per heavy atom. The van der Waals surface area contributed by atoms with Crippen molar-refractivity contribution in [3.8, 4) is 33.4 Å². The van der Waals surface area contributed by atoms with E-state index in [1.165, 1.54) is 117 Å². The smallest absolute Gasteiger partial charge is 0.333 e. The van der Waals surface area contributed by atoms with E-state index < -0.39 is 0 Å². The van der Waals surface area contributed by atoms with Gasteiger partial charge in [0.05, 0.1) is 0 Å². The van der Waals surface area contributed by atoms with Gasteiger partial charge in [0.1, 0.15) is 0 Å². The normalized spacial score (nSPS) is 13.9. The Hall–Kier alpha value is -8.08. The number of hydrogen-bond acceptors (Lipinski definition) is 3. The van der Waals surface area contributed by atoms with E-state index in [-0.39, 0.29) is 17.7 Å². The predicted octanol–water partition coefficient (Wildman–Crippen LogP) is 18.1. The molecule has 0 fully saturated rings. The van der Waals surface area contributed by atoms with Crippen molar-refractivity contribution in [2.75, 3.05) is 14.6 Å². The molecule has 0 N–H and O–H groups in total. The molecule has 3 nitrogen and oxygen atoms in total. The lowest BCUT2D eigenvalue weighted by Gasteiger charge is -2.47. The number of rotatable bonds is 8. The molecule has 4 heteroatoms. The van der Waals surface area contributed by atoms with Crippen molar-refractivity contribution in [2.45, 2.75) is 79.6 Å². The SMILES string of the molecule is Cc1cc2c3c(c1)N(c1ccc(-c4ccccc4)cc1C)c1cc(N(c4ccc(CC(C)C)cc4)c4ccc(C(C)(C)C)cc4)ccc1B3N(c1ccc3c(c1)C(C)(C)c1ccccc1-3)c1c-2ccc2ccccc12. The molecule has 0 saturated carbocycles. The third-order valence-corrected chi connectivity index (χ3v) is 16.5. The van der Waals surface area contributed by atoms with E-state index in [2.05, 4.69) is 283 Å². The summed E-state index contributed by atoms with van der Waals surface area (Å²) in [6.45, 7) is 20.7. The predicted molar refractivity (Wildman–Crippen MR) is 322 cm³/mol. The van der Waals surface area contributed by atoms with Gasteiger partial charge in [-0.05, 0) is 176 Å². The van der Waals surface area contributed by atoms with Gasteiger partial charge >= 0.3 is 6.85 Å². The van der Waals surface area contributed by atoms with Gasteiger partial charge in [0.15, 0.2) is 0 Å². The molecule has 2 heterocycles. The zero-order valence-electron chi connectivity index (χ0n) is 44.8. The van der Waals surface area contributed by atoms with Crippen LogP contribution in [0.5, 0.6) is 0 Å². The second kappa shape index (κ2) is 17.5. The molecule has 1 aliphatic carbocycles. The minimum Gasteiger partial charge on any atom is -0.376 e. The van der Waals surface area contributed by atoms with E-state index in [9.17, 15) is 0 Å². The molecule has 366 valence electrons. The van der Waals surface area contributed by atoms with Crippen molar-refractivity contribution in [1.82, 2.24) is 0 Å². The molecule has 0 amide bonds. The zero-order valence-corrected chi connectivity index (χ0v) is 44.8. The van der Waals surface area contributed by atoms with Crippen LogP contribution in [0.1, 0.15) is 81.8 Å². The summed E-state index contributed by atoms with van der Waals surface area (Å²) in [7, 11) is 0. The first kappa shape index (κ1) is 46.7. The zero-order chi connectivity index (χ0) is 51.5. The highest BCUT2D eigenvalue weighted by Crippen LogP contribution is 2.54. The Morgan fingerprint density at radius 3 is 1.96 bits per heavy atom. The summed E-state index contributed by atoms with van der Waals surface area (Å²) in [6.07, 6.45) is 1.04. The summed E-state index contributed by atoms with van der Waals surface area (Å²) < 4.78 is 0. The van der Waals surface area contributed by atoms with Crippen LogP contribution in [0.25, 0.3) is 44.2 Å². The standard InChI is InChI=1S/C71H64BN3/c1-45(2)39-48-23-29-53(30-24-48)73(54-31-27-52(28-32-54)70(5,6)7)55-34-37-64-66(44-55)74(65-38-26-51(42-47(65)4)49-17-11-10-12-18-49)67-41-46(3)40-61-60-35-25-50-19-13-14-20-57(50)69(60)75(72(64)68(61)67)56-33-36-59-58-21-15-16-22-62(58)71(8,9)63(59)43-56/h10-38,40-45H,39H2,1-9H3. The summed E-state index contributed by atoms with van der Waals surface area (Å²) in [5, 5.41) is 2.49. The van der Waals surface area contributed by atoms with Crippen molar-refractivity contribution in [3.05, 3.63) is 240 Å². The molecular formula is C71H64BN3. The monoisotopic (exact) mass is 970 g/mol. The van der Waals surface area contributed by atoms with E-state index in [1.54, 1.807) is 0 Å². The van der Waals surface area contributed by atoms with Crippen molar-refractivity contribution >= 4 is 74.0 Å². The molecule has 0 atom stereocenters. The highest BCUT2D eigenvalue weighted by molar-refractivity contribution is 6.94. The van der Waals surface area contributed by atoms with Gasteiger partial charge in [-0.25, -0.2) is 0 Å². The molecule has 0 bridgehead atoms. The van der Waals surface area contributed by atoms with E-state index >= 15 is 0 Å². The van der Waals surface area contributed by atoms with E-state index in [1.807, 2.05) is 0 Å². The first-order valence-corrected chi connectivity index (χ1v) is 27.0. The molecule has 0 radical (unpaired) electrons. The second-order valence-corrected chi connectivity index (χ2v) is 23.4. The van der Waals surface area contributed by atoms with Crippen LogP contribution in [0.15, 0.2) is 206 Å². The number of fused-ring (bicyclic) bond motifs is 9.